The second kappa shape index (κ2) is 48.5. The molecule has 138 heavy (non-hydrogen) atoms. The van der Waals surface area contributed by atoms with Crippen molar-refractivity contribution in [2.75, 3.05) is 52.9 Å². The molecule has 0 aromatic heterocycles. The van der Waals surface area contributed by atoms with Crippen molar-refractivity contribution in [1.29, 1.82) is 0 Å². The van der Waals surface area contributed by atoms with Crippen LogP contribution in [0.1, 0.15) is 48.5 Å². The van der Waals surface area contributed by atoms with Crippen molar-refractivity contribution in [1.82, 2.24) is 16.0 Å². The van der Waals surface area contributed by atoms with Crippen LogP contribution in [-0.4, -0.2) is 597 Å². The molecule has 0 radical (unpaired) electrons. The van der Waals surface area contributed by atoms with Crippen molar-refractivity contribution in [2.45, 2.75) is 417 Å². The van der Waals surface area contributed by atoms with E-state index >= 15 is 0 Å². The monoisotopic (exact) mass is 2020 g/mol. The summed E-state index contributed by atoms with van der Waals surface area (Å²) in [5.41, 5.74) is 0. The van der Waals surface area contributed by atoms with E-state index in [1.54, 1.807) is 0 Å². The first-order valence-electron chi connectivity index (χ1n) is 44.6. The first-order chi connectivity index (χ1) is 65.2. The highest BCUT2D eigenvalue weighted by atomic mass is 16.8. The van der Waals surface area contributed by atoms with Crippen LogP contribution in [0.4, 0.5) is 0 Å². The predicted molar refractivity (Wildman–Crippen MR) is 424 cm³/mol. The van der Waals surface area contributed by atoms with Crippen molar-refractivity contribution in [2.24, 2.45) is 0 Å². The van der Waals surface area contributed by atoms with Gasteiger partial charge in [-0.25, -0.2) is 0 Å². The van der Waals surface area contributed by atoms with Crippen LogP contribution in [0.3, 0.4) is 0 Å². The second-order valence-corrected chi connectivity index (χ2v) is 35.8. The maximum atomic E-state index is 13.9. The van der Waals surface area contributed by atoms with Gasteiger partial charge in [0.15, 0.2) is 75.5 Å². The number of amides is 3. The van der Waals surface area contributed by atoms with E-state index in [-0.39, 0.29) is 0 Å². The molecule has 0 aromatic carbocycles. The molecule has 0 unspecified atom stereocenters. The predicted octanol–water partition coefficient (Wildman–Crippen LogP) is -22.6. The minimum atomic E-state index is -2.60. The average Bonchev–Trinajstić information content (AvgIpc) is 0.757. The van der Waals surface area contributed by atoms with Crippen LogP contribution < -0.4 is 16.0 Å². The van der Waals surface area contributed by atoms with Crippen LogP contribution in [0.15, 0.2) is 0 Å². The molecule has 0 aliphatic carbocycles. The lowest BCUT2D eigenvalue weighted by atomic mass is 9.93. The SMILES string of the molecule is CC(=O)N[C@H]1[C@H](O[C@H]2[C@@H](O)[C@@H](CO[C@@H]3O[C@H](CO)[C@@H](O[C@@H]4O[C@H](CO)[C@H](O)[C@H](O[C@@H]5O[C@H](CO)[C@@H](O)[C@H](O[C@@H]6O[C@H](CO)[C@H](O)[C@H](O)[C@H]6O[C@@H]6O[C@@H](C)[C@@H](O)[C@@H](O)[C@@H]6O)[C@H]5NC(C)=O)[C@H]4O)[C@H](O[C@@H]4O[C@@H](C)[C@@H](O)[C@@H](O)[C@@H]4O)[C@H]3NC(C)=O)O[C@@H](O[C@H]3[C@H](O)[C@@H](O)[C@H](O)O[C@@H]3CO)[C@@H]2O)O[C@H](CO)[C@@H](O[C@@H]2O[C@@H](C)[C@@H](O)[C@@H](O)[C@@H]2O)[C@@H]1O[C@@H]1O[C@H](CO)[C@H](O)[C@H](O)[C@H]1O[C@@H]1O[C@@H](C)[C@@H](O)[C@@H](O)[C@@H]1O. The van der Waals surface area contributed by atoms with E-state index in [0.717, 1.165) is 20.8 Å². The topological polar surface area (TPSA) is 927 Å². The Bertz CT molecular complexity index is 3790. The van der Waals surface area contributed by atoms with Crippen molar-refractivity contribution >= 4 is 17.7 Å². The zero-order chi connectivity index (χ0) is 101. The molecule has 0 bridgehead atoms. The van der Waals surface area contributed by atoms with Crippen LogP contribution in [0.2, 0.25) is 0 Å². The van der Waals surface area contributed by atoms with Crippen LogP contribution in [0.25, 0.3) is 0 Å². The molecule has 800 valence electrons. The number of aliphatic hydroxyl groups excluding tert-OH is 31. The number of nitrogens with one attached hydrogen (secondary N) is 3. The van der Waals surface area contributed by atoms with Gasteiger partial charge in [0, 0.05) is 20.8 Å². The number of rotatable bonds is 33. The standard InChI is InChI=1S/C78H131N3O57/c1-16-34(92)43(101)51(109)71(117-16)130-59-29(14-88)127-70(33(81-22(7)91)62(59)134-78-66(48(106)39(97)24(9-83)125-78)138-74-54(112)46(104)37(95)19(4)120-74)136-64-42(100)30(128-76(56(64)114)129-57-27(12-86)121-67(115)50(108)49(57)107)15-116-68-32(80-21(6)90)61(133-72-52(110)44(102)35(93)17(2)118-72)58(28(13-87)126-68)131-75-55(113)63(41(99)26(11-85)123-75)135-69-31(79-20(5)89)60(40(98)25(10-84)122-69)132-77-65(47(105)38(96)23(8-82)124-77)137-73-53(111)45(103)36(94)18(3)119-73/h16-19,23-78,82-88,92-115H,8-15H2,1-7H3,(H,79,89)(H,80,90)(H,81,91)/t16-,17-,18-,19-,23+,24+,25+,26+,27+,28+,29+,30+,31+,32+,33+,34+,35+,36+,37+,38-,39-,40+,41-,42-,43+,44+,45+,46+,47-,48-,49+,50+,51-,52-,53-,54-,55+,56+,57+,58+,59+,60+,61+,62+,63-,64-,65+,66+,67+,68+,69-,70-,71-,72-,73-,74-,75-,76-,77-,78-/m0/s1. The van der Waals surface area contributed by atoms with E-state index < -0.39 is 439 Å². The number of hydrogen-bond acceptors (Lipinski definition) is 57. The zero-order valence-electron chi connectivity index (χ0n) is 74.8. The summed E-state index contributed by atoms with van der Waals surface area (Å²) in [5, 5.41) is 357. The molecule has 60 heteroatoms. The zero-order valence-corrected chi connectivity index (χ0v) is 74.8. The molecule has 12 fully saturated rings. The molecule has 0 aromatic rings. The summed E-state index contributed by atoms with van der Waals surface area (Å²) in [6.45, 7) is -2.07. The van der Waals surface area contributed by atoms with Gasteiger partial charge in [0.2, 0.25) is 17.7 Å². The Balaban J connectivity index is 0.881. The smallest absolute Gasteiger partial charge is 0.217 e. The molecular weight excluding hydrogens is 1890 g/mol. The minimum Gasteiger partial charge on any atom is -0.394 e. The minimum absolute atomic E-state index is 0.879. The Hall–Kier alpha value is -3.75. The molecular formula is C78H131N3O57. The Morgan fingerprint density at radius 3 is 0.804 bits per heavy atom. The van der Waals surface area contributed by atoms with E-state index in [4.69, 9.17) is 109 Å². The van der Waals surface area contributed by atoms with Gasteiger partial charge in [0.1, 0.15) is 268 Å². The van der Waals surface area contributed by atoms with Gasteiger partial charge in [-0.3, -0.25) is 14.4 Å². The number of carbonyl (C=O) groups excluding carboxylic acids is 3. The second-order valence-electron chi connectivity index (χ2n) is 35.8. The van der Waals surface area contributed by atoms with E-state index in [1.807, 2.05) is 0 Å². The van der Waals surface area contributed by atoms with Gasteiger partial charge in [-0.2, -0.15) is 0 Å². The molecule has 0 spiro atoms. The quantitative estimate of drug-likeness (QED) is 0.0290. The largest absolute Gasteiger partial charge is 0.394 e. The first-order valence-corrected chi connectivity index (χ1v) is 44.6. The molecule has 0 saturated carbocycles. The van der Waals surface area contributed by atoms with Crippen molar-refractivity contribution < 1.29 is 282 Å². The highest BCUT2D eigenvalue weighted by molar-refractivity contribution is 5.74. The number of hydrogen-bond donors (Lipinski definition) is 34. The van der Waals surface area contributed by atoms with Crippen LogP contribution in [-0.2, 0) is 123 Å². The summed E-state index contributed by atoms with van der Waals surface area (Å²) < 4.78 is 140. The van der Waals surface area contributed by atoms with Gasteiger partial charge >= 0.3 is 0 Å². The van der Waals surface area contributed by atoms with Gasteiger partial charge in [-0.1, -0.05) is 0 Å². The lowest BCUT2D eigenvalue weighted by molar-refractivity contribution is -0.402. The van der Waals surface area contributed by atoms with Crippen LogP contribution in [0.5, 0.6) is 0 Å². The fourth-order valence-corrected chi connectivity index (χ4v) is 18.3. The molecule has 12 heterocycles. The van der Waals surface area contributed by atoms with Crippen LogP contribution in [0, 0.1) is 0 Å². The lowest BCUT2D eigenvalue weighted by Gasteiger charge is -2.52. The van der Waals surface area contributed by atoms with Gasteiger partial charge in [0.05, 0.1) is 77.3 Å². The summed E-state index contributed by atoms with van der Waals surface area (Å²) in [6, 6.07) is -6.29. The van der Waals surface area contributed by atoms with E-state index in [2.05, 4.69) is 16.0 Å². The number of carbonyl (C=O) groups is 3. The molecule has 12 aliphatic rings. The Morgan fingerprint density at radius 1 is 0.203 bits per heavy atom. The molecule has 3 amide bonds. The lowest BCUT2D eigenvalue weighted by Crippen LogP contribution is -2.72. The molecule has 12 saturated heterocycles. The Kier molecular flexibility index (Phi) is 39.7. The van der Waals surface area contributed by atoms with Crippen molar-refractivity contribution in [3.63, 3.8) is 0 Å². The maximum Gasteiger partial charge on any atom is 0.217 e. The van der Waals surface area contributed by atoms with Gasteiger partial charge in [-0.05, 0) is 27.7 Å². The van der Waals surface area contributed by atoms with E-state index in [9.17, 15) is 173 Å². The summed E-state index contributed by atoms with van der Waals surface area (Å²) in [4.78, 5) is 41.1. The average molecular weight is 2020 g/mol. The summed E-state index contributed by atoms with van der Waals surface area (Å²) in [6.07, 6.45) is -120. The van der Waals surface area contributed by atoms with Gasteiger partial charge < -0.3 is 283 Å². The number of ether oxygens (including phenoxy) is 23. The number of aliphatic hydroxyl groups is 31. The Labute approximate surface area is 782 Å². The summed E-state index contributed by atoms with van der Waals surface area (Å²) in [7, 11) is 0. The molecule has 60 nitrogen and oxygen atoms in total. The normalized spacial score (nSPS) is 52.1. The third-order valence-electron chi connectivity index (χ3n) is 26.1. The van der Waals surface area contributed by atoms with E-state index in [0.29, 0.717) is 0 Å². The highest BCUT2D eigenvalue weighted by Gasteiger charge is 2.64. The molecule has 34 N–H and O–H groups in total. The Morgan fingerprint density at radius 2 is 0.442 bits per heavy atom. The highest BCUT2D eigenvalue weighted by Crippen LogP contribution is 2.44. The van der Waals surface area contributed by atoms with Gasteiger partial charge in [0.25, 0.3) is 0 Å². The van der Waals surface area contributed by atoms with Gasteiger partial charge in [-0.15, -0.1) is 0 Å². The summed E-state index contributed by atoms with van der Waals surface area (Å²) in [5.74, 6) is -3.15. The first kappa shape index (κ1) is 113. The third-order valence-corrected chi connectivity index (χ3v) is 26.1. The maximum absolute atomic E-state index is 13.9. The summed E-state index contributed by atoms with van der Waals surface area (Å²) >= 11 is 0. The fourth-order valence-electron chi connectivity index (χ4n) is 18.3. The van der Waals surface area contributed by atoms with Crippen molar-refractivity contribution in [3.8, 4) is 0 Å². The molecule has 60 atom stereocenters. The molecule has 12 rings (SSSR count). The van der Waals surface area contributed by atoms with E-state index in [1.165, 1.54) is 27.7 Å². The fraction of sp³-hybridized carbons (Fsp3) is 0.962. The van der Waals surface area contributed by atoms with Crippen LogP contribution >= 0.6 is 0 Å². The third kappa shape index (κ3) is 24.1. The molecule has 12 aliphatic heterocycles. The van der Waals surface area contributed by atoms with Crippen molar-refractivity contribution in [3.05, 3.63) is 0 Å².